The molecule has 180 valence electrons. The highest BCUT2D eigenvalue weighted by atomic mass is 16.4. The summed E-state index contributed by atoms with van der Waals surface area (Å²) in [6.45, 7) is 3.42. The van der Waals surface area contributed by atoms with E-state index in [4.69, 9.17) is 5.73 Å². The van der Waals surface area contributed by atoms with E-state index in [9.17, 15) is 24.3 Å². The first-order valence-corrected chi connectivity index (χ1v) is 10.5. The summed E-state index contributed by atoms with van der Waals surface area (Å²) in [5.41, 5.74) is 6.50. The van der Waals surface area contributed by atoms with Gasteiger partial charge >= 0.3 is 5.97 Å². The van der Waals surface area contributed by atoms with Crippen molar-refractivity contribution in [3.8, 4) is 0 Å². The number of hydrogen-bond donors (Lipinski definition) is 7. The Balaban J connectivity index is 2.13. The van der Waals surface area contributed by atoms with Crippen molar-refractivity contribution in [3.05, 3.63) is 36.4 Å². The number of nitrogens with two attached hydrogens (primary N) is 1. The third-order valence-electron chi connectivity index (χ3n) is 4.75. The van der Waals surface area contributed by atoms with Gasteiger partial charge in [0.2, 0.25) is 17.7 Å². The zero-order valence-corrected chi connectivity index (χ0v) is 18.5. The molecule has 3 unspecified atom stereocenters. The second-order valence-electron chi connectivity index (χ2n) is 7.98. The summed E-state index contributed by atoms with van der Waals surface area (Å²) in [5, 5.41) is 17.2. The summed E-state index contributed by atoms with van der Waals surface area (Å²) in [5.74, 6) is -2.99. The van der Waals surface area contributed by atoms with E-state index in [-0.39, 0.29) is 31.7 Å². The maximum atomic E-state index is 13.0. The Bertz CT molecular complexity index is 913. The van der Waals surface area contributed by atoms with Crippen molar-refractivity contribution in [3.63, 3.8) is 0 Å². The molecule has 0 radical (unpaired) electrons. The van der Waals surface area contributed by atoms with Crippen LogP contribution in [-0.4, -0.2) is 73.4 Å². The molecule has 2 rings (SSSR count). The standard InChI is InChI=1S/C20H30N8O5/c1-11(2)3-14(18(30)28-16(20(32)33)5-13-8-23-10-25-13)27-19(31)15(26-17(29)6-21)4-12-7-22-9-24-12/h7-11,14-16H,3-6,21H2,1-2H3,(H,22,24)(H,23,25)(H,26,29)(H,27,31)(H,28,30)(H,32,33). The van der Waals surface area contributed by atoms with Crippen LogP contribution in [0.3, 0.4) is 0 Å². The molecular weight excluding hydrogens is 432 g/mol. The van der Waals surface area contributed by atoms with Crippen molar-refractivity contribution in [1.82, 2.24) is 35.9 Å². The maximum absolute atomic E-state index is 13.0. The highest BCUT2D eigenvalue weighted by Gasteiger charge is 2.30. The molecule has 2 aromatic heterocycles. The number of aromatic amines is 2. The van der Waals surface area contributed by atoms with Crippen molar-refractivity contribution in [2.75, 3.05) is 6.54 Å². The summed E-state index contributed by atoms with van der Waals surface area (Å²) >= 11 is 0. The summed E-state index contributed by atoms with van der Waals surface area (Å²) in [7, 11) is 0. The van der Waals surface area contributed by atoms with Crippen LogP contribution in [0.15, 0.2) is 25.0 Å². The molecule has 3 amide bonds. The number of carbonyl (C=O) groups is 4. The van der Waals surface area contributed by atoms with Gasteiger partial charge in [0.05, 0.1) is 19.2 Å². The minimum Gasteiger partial charge on any atom is -0.480 e. The molecule has 0 saturated carbocycles. The predicted molar refractivity (Wildman–Crippen MR) is 117 cm³/mol. The van der Waals surface area contributed by atoms with Crippen LogP contribution in [0, 0.1) is 5.92 Å². The summed E-state index contributed by atoms with van der Waals surface area (Å²) in [4.78, 5) is 62.8. The van der Waals surface area contributed by atoms with Crippen LogP contribution in [0.1, 0.15) is 31.7 Å². The number of amides is 3. The van der Waals surface area contributed by atoms with Crippen molar-refractivity contribution in [2.24, 2.45) is 11.7 Å². The van der Waals surface area contributed by atoms with Gasteiger partial charge in [-0.2, -0.15) is 0 Å². The van der Waals surface area contributed by atoms with Gasteiger partial charge in [0.1, 0.15) is 18.1 Å². The Kier molecular flexibility index (Phi) is 9.54. The van der Waals surface area contributed by atoms with Gasteiger partial charge in [-0.05, 0) is 12.3 Å². The monoisotopic (exact) mass is 462 g/mol. The van der Waals surface area contributed by atoms with Gasteiger partial charge in [-0.1, -0.05) is 13.8 Å². The van der Waals surface area contributed by atoms with Crippen molar-refractivity contribution in [1.29, 1.82) is 0 Å². The molecule has 8 N–H and O–H groups in total. The Hall–Kier alpha value is -3.74. The van der Waals surface area contributed by atoms with E-state index in [2.05, 4.69) is 35.9 Å². The summed E-state index contributed by atoms with van der Waals surface area (Å²) in [6, 6.07) is -3.24. The van der Waals surface area contributed by atoms with E-state index >= 15 is 0 Å². The molecule has 2 heterocycles. The van der Waals surface area contributed by atoms with Crippen molar-refractivity contribution >= 4 is 23.7 Å². The van der Waals surface area contributed by atoms with Gasteiger partial charge in [-0.3, -0.25) is 14.4 Å². The van der Waals surface area contributed by atoms with Gasteiger partial charge < -0.3 is 36.8 Å². The highest BCUT2D eigenvalue weighted by molar-refractivity contribution is 5.93. The topological polar surface area (TPSA) is 208 Å². The number of carboxylic acid groups (broad SMARTS) is 1. The SMILES string of the molecule is CC(C)CC(NC(=O)C(Cc1cnc[nH]1)NC(=O)CN)C(=O)NC(Cc1cnc[nH]1)C(=O)O. The second kappa shape index (κ2) is 12.3. The molecule has 0 fully saturated rings. The molecular formula is C20H30N8O5. The minimum absolute atomic E-state index is 0.00156. The van der Waals surface area contributed by atoms with E-state index in [0.29, 0.717) is 11.4 Å². The lowest BCUT2D eigenvalue weighted by Crippen LogP contribution is -2.57. The normalized spacial score (nSPS) is 13.7. The summed E-state index contributed by atoms with van der Waals surface area (Å²) in [6.07, 6.45) is 6.19. The van der Waals surface area contributed by atoms with Gasteiger partial charge in [-0.25, -0.2) is 14.8 Å². The number of hydrogen-bond acceptors (Lipinski definition) is 7. The van der Waals surface area contributed by atoms with Crippen LogP contribution in [0.2, 0.25) is 0 Å². The Morgan fingerprint density at radius 3 is 1.88 bits per heavy atom. The Morgan fingerprint density at radius 1 is 0.909 bits per heavy atom. The zero-order valence-electron chi connectivity index (χ0n) is 18.5. The van der Waals surface area contributed by atoms with E-state index in [1.807, 2.05) is 13.8 Å². The van der Waals surface area contributed by atoms with E-state index in [0.717, 1.165) is 0 Å². The van der Waals surface area contributed by atoms with E-state index < -0.39 is 41.8 Å². The zero-order chi connectivity index (χ0) is 24.4. The minimum atomic E-state index is -1.22. The second-order valence-corrected chi connectivity index (χ2v) is 7.98. The molecule has 0 aliphatic carbocycles. The van der Waals surface area contributed by atoms with Crippen LogP contribution < -0.4 is 21.7 Å². The summed E-state index contributed by atoms with van der Waals surface area (Å²) < 4.78 is 0. The lowest BCUT2D eigenvalue weighted by Gasteiger charge is -2.25. The fraction of sp³-hybridized carbons (Fsp3) is 0.500. The van der Waals surface area contributed by atoms with Gasteiger partial charge in [0.25, 0.3) is 0 Å². The molecule has 13 nitrogen and oxygen atoms in total. The fourth-order valence-corrected chi connectivity index (χ4v) is 3.14. The van der Waals surface area contributed by atoms with E-state index in [1.165, 1.54) is 25.0 Å². The third kappa shape index (κ3) is 8.37. The first-order valence-electron chi connectivity index (χ1n) is 10.5. The first-order chi connectivity index (χ1) is 15.7. The lowest BCUT2D eigenvalue weighted by atomic mass is 10.0. The number of nitrogens with zero attached hydrogens (tertiary/aromatic N) is 2. The lowest BCUT2D eigenvalue weighted by molar-refractivity contribution is -0.142. The Morgan fingerprint density at radius 2 is 1.42 bits per heavy atom. The first kappa shape index (κ1) is 25.5. The average Bonchev–Trinajstić information content (AvgIpc) is 3.45. The fourth-order valence-electron chi connectivity index (χ4n) is 3.14. The number of aliphatic carboxylic acids is 1. The highest BCUT2D eigenvalue weighted by Crippen LogP contribution is 2.08. The van der Waals surface area contributed by atoms with Gasteiger partial charge in [-0.15, -0.1) is 0 Å². The quantitative estimate of drug-likeness (QED) is 0.185. The van der Waals surface area contributed by atoms with Crippen LogP contribution in [0.4, 0.5) is 0 Å². The average molecular weight is 463 g/mol. The van der Waals surface area contributed by atoms with Gasteiger partial charge in [0, 0.05) is 36.6 Å². The molecule has 2 aromatic rings. The largest absolute Gasteiger partial charge is 0.480 e. The van der Waals surface area contributed by atoms with Crippen LogP contribution in [-0.2, 0) is 32.0 Å². The van der Waals surface area contributed by atoms with Crippen LogP contribution in [0.5, 0.6) is 0 Å². The number of H-pyrrole nitrogens is 2. The maximum Gasteiger partial charge on any atom is 0.326 e. The number of aromatic nitrogens is 4. The van der Waals surface area contributed by atoms with Crippen LogP contribution in [0.25, 0.3) is 0 Å². The Labute approximate surface area is 190 Å². The van der Waals surface area contributed by atoms with Crippen molar-refractivity contribution < 1.29 is 24.3 Å². The third-order valence-corrected chi connectivity index (χ3v) is 4.75. The molecule has 0 bridgehead atoms. The molecule has 3 atom stereocenters. The number of nitrogens with one attached hydrogen (secondary N) is 5. The molecule has 0 aromatic carbocycles. The number of imidazole rings is 2. The molecule has 13 heteroatoms. The number of rotatable bonds is 13. The van der Waals surface area contributed by atoms with Crippen LogP contribution >= 0.6 is 0 Å². The number of carboxylic acids is 1. The molecule has 0 spiro atoms. The predicted octanol–water partition coefficient (Wildman–Crippen LogP) is -1.54. The molecule has 0 aliphatic rings. The number of carbonyl (C=O) groups excluding carboxylic acids is 3. The molecule has 0 saturated heterocycles. The molecule has 0 aliphatic heterocycles. The van der Waals surface area contributed by atoms with Crippen molar-refractivity contribution in [2.45, 2.75) is 51.2 Å². The molecule has 33 heavy (non-hydrogen) atoms. The smallest absolute Gasteiger partial charge is 0.326 e. The van der Waals surface area contributed by atoms with E-state index in [1.54, 1.807) is 0 Å². The van der Waals surface area contributed by atoms with Gasteiger partial charge in [0.15, 0.2) is 0 Å².